The highest BCUT2D eigenvalue weighted by molar-refractivity contribution is 5.76. The maximum absolute atomic E-state index is 12.1. The van der Waals surface area contributed by atoms with Crippen LogP contribution in [-0.2, 0) is 32.4 Å². The van der Waals surface area contributed by atoms with Crippen molar-refractivity contribution in [1.82, 2.24) is 18.7 Å². The van der Waals surface area contributed by atoms with E-state index in [0.29, 0.717) is 29.8 Å². The fourth-order valence-corrected chi connectivity index (χ4v) is 2.07. The molecule has 0 aromatic carbocycles. The van der Waals surface area contributed by atoms with Gasteiger partial charge < -0.3 is 9.36 Å². The van der Waals surface area contributed by atoms with Gasteiger partial charge >= 0.3 is 5.69 Å². The van der Waals surface area contributed by atoms with Gasteiger partial charge in [0, 0.05) is 34.0 Å². The lowest BCUT2D eigenvalue weighted by Gasteiger charge is -2.03. The Kier molecular flexibility index (Phi) is 3.13. The molecule has 7 nitrogen and oxygen atoms in total. The van der Waals surface area contributed by atoms with Gasteiger partial charge in [-0.1, -0.05) is 0 Å². The molecule has 2 heterocycles. The van der Waals surface area contributed by atoms with Gasteiger partial charge in [-0.3, -0.25) is 13.9 Å². The molecule has 0 spiro atoms. The molecule has 0 bridgehead atoms. The minimum absolute atomic E-state index is 0.0637. The molecule has 0 radical (unpaired) electrons. The number of aryl methyl sites for hydroxylation is 3. The quantitative estimate of drug-likeness (QED) is 0.748. The average molecular weight is 264 g/mol. The number of carbonyl (C=O) groups is 1. The first kappa shape index (κ1) is 13.3. The fourth-order valence-electron chi connectivity index (χ4n) is 2.07. The molecule has 0 atom stereocenters. The van der Waals surface area contributed by atoms with Crippen LogP contribution >= 0.6 is 0 Å². The predicted molar refractivity (Wildman–Crippen MR) is 70.2 cm³/mol. The van der Waals surface area contributed by atoms with Crippen LogP contribution < -0.4 is 11.2 Å². The molecule has 0 fully saturated rings. The molecule has 0 aliphatic heterocycles. The Morgan fingerprint density at radius 2 is 1.74 bits per heavy atom. The number of hydrogen-bond acceptors (Lipinski definition) is 4. The monoisotopic (exact) mass is 264 g/mol. The summed E-state index contributed by atoms with van der Waals surface area (Å²) >= 11 is 0. The number of hydrogen-bond donors (Lipinski definition) is 0. The molecule has 0 aliphatic rings. The molecule has 0 amide bonds. The van der Waals surface area contributed by atoms with Crippen molar-refractivity contribution in [3.8, 4) is 0 Å². The van der Waals surface area contributed by atoms with Crippen LogP contribution in [0.4, 0.5) is 0 Å². The number of fused-ring (bicyclic) bond motifs is 1. The summed E-state index contributed by atoms with van der Waals surface area (Å²) in [6.07, 6.45) is 0.823. The molecule has 7 heteroatoms. The number of rotatable bonds is 3. The molecule has 0 aliphatic carbocycles. The van der Waals surface area contributed by atoms with Gasteiger partial charge in [-0.15, -0.1) is 0 Å². The first-order valence-corrected chi connectivity index (χ1v) is 5.95. The Labute approximate surface area is 109 Å². The first-order chi connectivity index (χ1) is 8.84. The summed E-state index contributed by atoms with van der Waals surface area (Å²) in [5, 5.41) is 0. The Hall–Kier alpha value is -2.18. The van der Waals surface area contributed by atoms with Crippen molar-refractivity contribution >= 4 is 16.9 Å². The fraction of sp³-hybridized carbons (Fsp3) is 0.500. The molecule has 0 unspecified atom stereocenters. The lowest BCUT2D eigenvalue weighted by Crippen LogP contribution is -2.37. The number of Topliss-reactive ketones (excluding diaryl/α,β-unsaturated/α-hetero) is 1. The summed E-state index contributed by atoms with van der Waals surface area (Å²) in [5.41, 5.74) is -0.0480. The second kappa shape index (κ2) is 4.49. The zero-order chi connectivity index (χ0) is 14.3. The van der Waals surface area contributed by atoms with Crippen molar-refractivity contribution in [3.05, 3.63) is 26.7 Å². The molecule has 0 saturated heterocycles. The van der Waals surface area contributed by atoms with E-state index in [1.54, 1.807) is 18.7 Å². The van der Waals surface area contributed by atoms with Crippen molar-refractivity contribution < 1.29 is 4.79 Å². The molecule has 2 rings (SSSR count). The van der Waals surface area contributed by atoms with Crippen molar-refractivity contribution in [1.29, 1.82) is 0 Å². The van der Waals surface area contributed by atoms with E-state index in [1.165, 1.54) is 18.5 Å². The third-order valence-electron chi connectivity index (χ3n) is 3.27. The number of aromatic nitrogens is 4. The van der Waals surface area contributed by atoms with Crippen molar-refractivity contribution in [2.75, 3.05) is 0 Å². The zero-order valence-corrected chi connectivity index (χ0v) is 11.4. The SMILES string of the molecule is CC(=O)CCc1nc2c(c(=O)n(C)c(=O)n2C)n1C. The largest absolute Gasteiger partial charge is 0.332 e. The third-order valence-corrected chi connectivity index (χ3v) is 3.27. The standard InChI is InChI=1S/C12H16N4O3/c1-7(17)5-6-8-13-10-9(14(8)2)11(18)16(4)12(19)15(10)3/h5-6H2,1-4H3. The van der Waals surface area contributed by atoms with Crippen LogP contribution in [0.1, 0.15) is 19.2 Å². The van der Waals surface area contributed by atoms with Gasteiger partial charge in [0.15, 0.2) is 11.2 Å². The third kappa shape index (κ3) is 2.00. The van der Waals surface area contributed by atoms with Crippen molar-refractivity contribution in [2.24, 2.45) is 21.1 Å². The minimum atomic E-state index is -0.409. The van der Waals surface area contributed by atoms with E-state index in [4.69, 9.17) is 0 Å². The summed E-state index contributed by atoms with van der Waals surface area (Å²) in [5.74, 6) is 0.692. The molecular weight excluding hydrogens is 248 g/mol. The maximum atomic E-state index is 12.1. The molecule has 2 aromatic heterocycles. The minimum Gasteiger partial charge on any atom is -0.325 e. The lowest BCUT2D eigenvalue weighted by atomic mass is 10.2. The van der Waals surface area contributed by atoms with E-state index in [0.717, 1.165) is 4.57 Å². The highest BCUT2D eigenvalue weighted by Crippen LogP contribution is 2.10. The van der Waals surface area contributed by atoms with Crippen LogP contribution in [0.2, 0.25) is 0 Å². The summed E-state index contributed by atoms with van der Waals surface area (Å²) < 4.78 is 4.05. The number of ketones is 1. The number of carbonyl (C=O) groups excluding carboxylic acids is 1. The van der Waals surface area contributed by atoms with Crippen LogP contribution in [0.3, 0.4) is 0 Å². The van der Waals surface area contributed by atoms with Gasteiger partial charge in [-0.2, -0.15) is 0 Å². The highest BCUT2D eigenvalue weighted by atomic mass is 16.2. The molecule has 102 valence electrons. The Morgan fingerprint density at radius 3 is 2.32 bits per heavy atom. The van der Waals surface area contributed by atoms with Crippen LogP contribution in [0.25, 0.3) is 11.2 Å². The molecule has 0 N–H and O–H groups in total. The second-order valence-electron chi connectivity index (χ2n) is 4.67. The van der Waals surface area contributed by atoms with E-state index in [-0.39, 0.29) is 11.3 Å². The Morgan fingerprint density at radius 1 is 1.11 bits per heavy atom. The molecular formula is C12H16N4O3. The lowest BCUT2D eigenvalue weighted by molar-refractivity contribution is -0.117. The van der Waals surface area contributed by atoms with Gasteiger partial charge in [0.25, 0.3) is 5.56 Å². The second-order valence-corrected chi connectivity index (χ2v) is 4.67. The summed E-state index contributed by atoms with van der Waals surface area (Å²) in [4.78, 5) is 39.2. The van der Waals surface area contributed by atoms with E-state index in [1.807, 2.05) is 0 Å². The van der Waals surface area contributed by atoms with E-state index in [2.05, 4.69) is 4.98 Å². The van der Waals surface area contributed by atoms with E-state index in [9.17, 15) is 14.4 Å². The summed E-state index contributed by atoms with van der Waals surface area (Å²) in [6.45, 7) is 1.51. The molecule has 0 saturated carbocycles. The Bertz CT molecular complexity index is 779. The smallest absolute Gasteiger partial charge is 0.325 e. The average Bonchev–Trinajstić information content (AvgIpc) is 2.69. The molecule has 19 heavy (non-hydrogen) atoms. The van der Waals surface area contributed by atoms with Crippen LogP contribution in [0.15, 0.2) is 9.59 Å². The maximum Gasteiger partial charge on any atom is 0.332 e. The normalized spacial score (nSPS) is 11.2. The number of imidazole rings is 1. The van der Waals surface area contributed by atoms with E-state index >= 15 is 0 Å². The van der Waals surface area contributed by atoms with Crippen molar-refractivity contribution in [3.63, 3.8) is 0 Å². The van der Waals surface area contributed by atoms with Gasteiger partial charge in [0.1, 0.15) is 11.6 Å². The van der Waals surface area contributed by atoms with Gasteiger partial charge in [0.05, 0.1) is 0 Å². The number of nitrogens with zero attached hydrogens (tertiary/aromatic N) is 4. The van der Waals surface area contributed by atoms with Gasteiger partial charge in [0.2, 0.25) is 0 Å². The van der Waals surface area contributed by atoms with Crippen LogP contribution in [0.5, 0.6) is 0 Å². The zero-order valence-electron chi connectivity index (χ0n) is 11.4. The van der Waals surface area contributed by atoms with Gasteiger partial charge in [-0.25, -0.2) is 9.78 Å². The molecule has 2 aromatic rings. The summed E-state index contributed by atoms with van der Waals surface area (Å²) in [6, 6.07) is 0. The summed E-state index contributed by atoms with van der Waals surface area (Å²) in [7, 11) is 4.73. The first-order valence-electron chi connectivity index (χ1n) is 5.95. The topological polar surface area (TPSA) is 78.9 Å². The van der Waals surface area contributed by atoms with Crippen LogP contribution in [-0.4, -0.2) is 24.5 Å². The van der Waals surface area contributed by atoms with Crippen LogP contribution in [0, 0.1) is 0 Å². The van der Waals surface area contributed by atoms with Crippen molar-refractivity contribution in [2.45, 2.75) is 19.8 Å². The van der Waals surface area contributed by atoms with E-state index < -0.39 is 5.69 Å². The predicted octanol–water partition coefficient (Wildman–Crippen LogP) is -0.508. The highest BCUT2D eigenvalue weighted by Gasteiger charge is 2.16. The Balaban J connectivity index is 2.74. The van der Waals surface area contributed by atoms with Gasteiger partial charge in [-0.05, 0) is 6.92 Å².